The van der Waals surface area contributed by atoms with Crippen LogP contribution < -0.4 is 25.4 Å². The molecule has 45 heavy (non-hydrogen) atoms. The second kappa shape index (κ2) is 10.5. The highest BCUT2D eigenvalue weighted by Crippen LogP contribution is 2.46. The number of nitrogens with one attached hydrogen (secondary N) is 1. The van der Waals surface area contributed by atoms with Crippen molar-refractivity contribution in [2.24, 2.45) is 0 Å². The van der Waals surface area contributed by atoms with E-state index >= 15 is 4.39 Å². The van der Waals surface area contributed by atoms with Gasteiger partial charge in [-0.25, -0.2) is 14.4 Å². The van der Waals surface area contributed by atoms with E-state index in [1.807, 2.05) is 6.92 Å². The molecule has 0 aromatic carbocycles. The number of nitrogens with two attached hydrogens (primary N) is 1. The van der Waals surface area contributed by atoms with E-state index in [2.05, 4.69) is 30.1 Å². The SMILES string of the molecule is Cc1nc(N)cc(-c2nc3c4c(nc(OC[C@@H]5CCC6COCCN65)nc4c2F)N2C[C@H]4CC[C@H](N4)[C@H]2[C@H](C)O3)c1C(F)(F)F. The lowest BCUT2D eigenvalue weighted by Gasteiger charge is -2.42. The summed E-state index contributed by atoms with van der Waals surface area (Å²) in [5, 5.41) is 3.85. The Morgan fingerprint density at radius 2 is 1.98 bits per heavy atom. The van der Waals surface area contributed by atoms with E-state index in [-0.39, 0.29) is 65.1 Å². The molecule has 5 aliphatic heterocycles. The molecule has 1 unspecified atom stereocenters. The van der Waals surface area contributed by atoms with Gasteiger partial charge in [0.2, 0.25) is 5.88 Å². The number of pyridine rings is 2. The summed E-state index contributed by atoms with van der Waals surface area (Å²) in [6, 6.07) is 1.51. The minimum atomic E-state index is -4.85. The first-order chi connectivity index (χ1) is 21.6. The van der Waals surface area contributed by atoms with Crippen molar-refractivity contribution in [2.45, 2.75) is 82.0 Å². The number of hydrogen-bond acceptors (Lipinski definition) is 11. The molecule has 4 fully saturated rings. The summed E-state index contributed by atoms with van der Waals surface area (Å²) in [5.74, 6) is -0.858. The maximum atomic E-state index is 16.7. The molecule has 3 aromatic rings. The number of nitrogen functional groups attached to an aromatic ring is 1. The average Bonchev–Trinajstić information content (AvgIpc) is 3.55. The zero-order valence-corrected chi connectivity index (χ0v) is 24.9. The van der Waals surface area contributed by atoms with E-state index < -0.39 is 34.9 Å². The fourth-order valence-electron chi connectivity index (χ4n) is 8.07. The molecule has 11 nitrogen and oxygen atoms in total. The molecule has 4 saturated heterocycles. The lowest BCUT2D eigenvalue weighted by Crippen LogP contribution is -2.62. The first kappa shape index (κ1) is 28.9. The number of piperazine rings is 1. The van der Waals surface area contributed by atoms with Gasteiger partial charge in [0.1, 0.15) is 40.9 Å². The highest BCUT2D eigenvalue weighted by atomic mass is 19.4. The third kappa shape index (κ3) is 4.73. The van der Waals surface area contributed by atoms with E-state index in [0.717, 1.165) is 38.3 Å². The Balaban J connectivity index is 1.29. The Hall–Kier alpha value is -3.56. The van der Waals surface area contributed by atoms with Crippen molar-refractivity contribution >= 4 is 22.5 Å². The highest BCUT2D eigenvalue weighted by molar-refractivity contribution is 5.97. The van der Waals surface area contributed by atoms with E-state index in [0.29, 0.717) is 31.6 Å². The molecule has 6 atom stereocenters. The number of fused-ring (bicyclic) bond motifs is 6. The molecule has 0 radical (unpaired) electrons. The van der Waals surface area contributed by atoms with E-state index in [9.17, 15) is 13.2 Å². The lowest BCUT2D eigenvalue weighted by molar-refractivity contribution is -0.137. The van der Waals surface area contributed by atoms with Crippen LogP contribution in [0.15, 0.2) is 6.07 Å². The van der Waals surface area contributed by atoms with Crippen LogP contribution in [0.3, 0.4) is 0 Å². The van der Waals surface area contributed by atoms with E-state index in [1.54, 1.807) is 0 Å². The van der Waals surface area contributed by atoms with Crippen molar-refractivity contribution in [2.75, 3.05) is 43.5 Å². The van der Waals surface area contributed by atoms with Crippen LogP contribution in [0.1, 0.15) is 43.9 Å². The highest BCUT2D eigenvalue weighted by Gasteiger charge is 2.47. The summed E-state index contributed by atoms with van der Waals surface area (Å²) in [5.41, 5.74) is 3.05. The minimum Gasteiger partial charge on any atom is -0.472 e. The Kier molecular flexibility index (Phi) is 6.73. The smallest absolute Gasteiger partial charge is 0.418 e. The van der Waals surface area contributed by atoms with Crippen molar-refractivity contribution in [3.63, 3.8) is 0 Å². The van der Waals surface area contributed by atoms with Crippen molar-refractivity contribution in [3.05, 3.63) is 23.1 Å². The van der Waals surface area contributed by atoms with Crippen LogP contribution in [0.4, 0.5) is 29.2 Å². The number of anilines is 2. The molecule has 0 aliphatic carbocycles. The molecule has 5 aliphatic rings. The molecule has 3 N–H and O–H groups in total. The van der Waals surface area contributed by atoms with Gasteiger partial charge in [-0.1, -0.05) is 0 Å². The molecule has 0 amide bonds. The Labute approximate surface area is 256 Å². The number of rotatable bonds is 4. The van der Waals surface area contributed by atoms with Gasteiger partial charge < -0.3 is 30.2 Å². The second-order valence-corrected chi connectivity index (χ2v) is 12.7. The zero-order valence-electron chi connectivity index (χ0n) is 24.9. The van der Waals surface area contributed by atoms with Crippen LogP contribution in [0.2, 0.25) is 0 Å². The van der Waals surface area contributed by atoms with Crippen molar-refractivity contribution < 1.29 is 31.8 Å². The van der Waals surface area contributed by atoms with Crippen molar-refractivity contribution in [3.8, 4) is 23.1 Å². The topological polar surface area (TPSA) is 124 Å². The molecule has 2 bridgehead atoms. The standard InChI is InChI=1S/C30H34F4N8O3/c1-13-22(30(32,33)34)18(9-20(35)36-13)24-23(31)25-21-27(40-29(39-25)44-12-17-5-4-16-11-43-8-7-41(16)17)42-10-15-3-6-19(37-15)26(42)14(2)45-28(21)38-24/h9,14-17,19,26,37H,3-8,10-12H2,1-2H3,(H2,35,36)/t14-,15+,16?,17-,19-,26+/m0/s1. The van der Waals surface area contributed by atoms with Crippen LogP contribution in [-0.2, 0) is 10.9 Å². The zero-order chi connectivity index (χ0) is 31.2. The second-order valence-electron chi connectivity index (χ2n) is 12.7. The first-order valence-corrected chi connectivity index (χ1v) is 15.5. The van der Waals surface area contributed by atoms with Crippen molar-refractivity contribution in [1.29, 1.82) is 0 Å². The molecule has 8 heterocycles. The van der Waals surface area contributed by atoms with Gasteiger partial charge >= 0.3 is 12.2 Å². The molecular formula is C30H34F4N8O3. The molecule has 0 spiro atoms. The Morgan fingerprint density at radius 1 is 1.13 bits per heavy atom. The lowest BCUT2D eigenvalue weighted by atomic mass is 9.99. The molecule has 15 heteroatoms. The third-order valence-corrected chi connectivity index (χ3v) is 9.97. The molecule has 8 rings (SSSR count). The number of alkyl halides is 3. The van der Waals surface area contributed by atoms with Crippen LogP contribution in [0.25, 0.3) is 22.2 Å². The van der Waals surface area contributed by atoms with Gasteiger partial charge in [0, 0.05) is 42.8 Å². The molecule has 3 aromatic heterocycles. The number of morpholine rings is 1. The summed E-state index contributed by atoms with van der Waals surface area (Å²) in [6.07, 6.45) is -1.49. The Morgan fingerprint density at radius 3 is 2.80 bits per heavy atom. The van der Waals surface area contributed by atoms with Gasteiger partial charge in [-0.15, -0.1) is 0 Å². The predicted octanol–water partition coefficient (Wildman–Crippen LogP) is 3.47. The summed E-state index contributed by atoms with van der Waals surface area (Å²) in [6.45, 7) is 6.09. The van der Waals surface area contributed by atoms with Crippen LogP contribution in [0.5, 0.6) is 11.9 Å². The van der Waals surface area contributed by atoms with Crippen LogP contribution in [0, 0.1) is 12.7 Å². The van der Waals surface area contributed by atoms with Crippen molar-refractivity contribution in [1.82, 2.24) is 30.2 Å². The van der Waals surface area contributed by atoms with Crippen LogP contribution >= 0.6 is 0 Å². The fourth-order valence-corrected chi connectivity index (χ4v) is 8.07. The van der Waals surface area contributed by atoms with Gasteiger partial charge in [-0.2, -0.15) is 23.1 Å². The maximum absolute atomic E-state index is 16.7. The minimum absolute atomic E-state index is 0.0335. The fraction of sp³-hybridized carbons (Fsp3) is 0.600. The number of nitrogens with zero attached hydrogens (tertiary/aromatic N) is 6. The number of hydrogen-bond donors (Lipinski definition) is 2. The summed E-state index contributed by atoms with van der Waals surface area (Å²) in [7, 11) is 0. The summed E-state index contributed by atoms with van der Waals surface area (Å²) < 4.78 is 77.9. The largest absolute Gasteiger partial charge is 0.472 e. The maximum Gasteiger partial charge on any atom is 0.418 e. The summed E-state index contributed by atoms with van der Waals surface area (Å²) >= 11 is 0. The average molecular weight is 631 g/mol. The van der Waals surface area contributed by atoms with Gasteiger partial charge in [0.25, 0.3) is 0 Å². The predicted molar refractivity (Wildman–Crippen MR) is 156 cm³/mol. The molecular weight excluding hydrogens is 596 g/mol. The number of ether oxygens (including phenoxy) is 3. The third-order valence-electron chi connectivity index (χ3n) is 9.97. The van der Waals surface area contributed by atoms with Gasteiger partial charge in [-0.3, -0.25) is 4.90 Å². The summed E-state index contributed by atoms with van der Waals surface area (Å²) in [4.78, 5) is 22.0. The monoisotopic (exact) mass is 630 g/mol. The van der Waals surface area contributed by atoms with E-state index in [1.165, 1.54) is 6.92 Å². The van der Waals surface area contributed by atoms with Gasteiger partial charge in [0.05, 0.1) is 30.5 Å². The molecule has 240 valence electrons. The van der Waals surface area contributed by atoms with Gasteiger partial charge in [0.15, 0.2) is 5.82 Å². The number of aryl methyl sites for hydroxylation is 1. The Bertz CT molecular complexity index is 1670. The first-order valence-electron chi connectivity index (χ1n) is 15.5. The van der Waals surface area contributed by atoms with E-state index in [4.69, 9.17) is 24.9 Å². The molecule has 0 saturated carbocycles. The quantitative estimate of drug-likeness (QED) is 0.412. The number of halogens is 4. The van der Waals surface area contributed by atoms with Crippen LogP contribution in [-0.4, -0.2) is 94.1 Å². The number of aromatic nitrogens is 4. The normalized spacial score (nSPS) is 29.3. The van der Waals surface area contributed by atoms with Gasteiger partial charge in [-0.05, 0) is 45.6 Å².